The molecule has 0 bridgehead atoms. The van der Waals surface area contributed by atoms with Gasteiger partial charge in [-0.3, -0.25) is 14.6 Å². The van der Waals surface area contributed by atoms with Gasteiger partial charge >= 0.3 is 0 Å². The number of nitrogens with zero attached hydrogens (tertiary/aromatic N) is 1. The third-order valence-electron chi connectivity index (χ3n) is 6.82. The Morgan fingerprint density at radius 1 is 0.871 bits per heavy atom. The number of ketones is 2. The Hall–Kier alpha value is -3.53. The van der Waals surface area contributed by atoms with Crippen LogP contribution in [0.4, 0.5) is 0 Å². The lowest BCUT2D eigenvalue weighted by molar-refractivity contribution is -0.122. The number of aliphatic imine (C=N–C) groups is 1. The van der Waals surface area contributed by atoms with Gasteiger partial charge in [0.25, 0.3) is 0 Å². The zero-order valence-electron chi connectivity index (χ0n) is 17.2. The van der Waals surface area contributed by atoms with E-state index >= 15 is 0 Å². The molecule has 2 aliphatic carbocycles. The lowest BCUT2D eigenvalue weighted by Gasteiger charge is -2.37. The smallest absolute Gasteiger partial charge is 0.192 e. The molecule has 3 aromatic rings. The van der Waals surface area contributed by atoms with Gasteiger partial charge in [0.15, 0.2) is 5.78 Å². The molecule has 1 aliphatic heterocycles. The monoisotopic (exact) mass is 407 g/mol. The summed E-state index contributed by atoms with van der Waals surface area (Å²) in [4.78, 5) is 31.9. The Balaban J connectivity index is 1.53. The van der Waals surface area contributed by atoms with Gasteiger partial charge in [0.2, 0.25) is 0 Å². The number of Topliss-reactive ketones (excluding diaryl/α,β-unsaturated/α-hetero) is 2. The minimum atomic E-state index is -0.397. The number of rotatable bonds is 2. The van der Waals surface area contributed by atoms with Crippen LogP contribution in [0.3, 0.4) is 0 Å². The maximum atomic E-state index is 13.5. The van der Waals surface area contributed by atoms with Crippen LogP contribution >= 0.6 is 0 Å². The van der Waals surface area contributed by atoms with Gasteiger partial charge in [0, 0.05) is 40.7 Å². The van der Waals surface area contributed by atoms with E-state index in [9.17, 15) is 9.59 Å². The molecule has 1 unspecified atom stereocenters. The van der Waals surface area contributed by atoms with Crippen molar-refractivity contribution in [2.75, 3.05) is 0 Å². The fourth-order valence-corrected chi connectivity index (χ4v) is 5.36. The molecule has 0 amide bonds. The van der Waals surface area contributed by atoms with Gasteiger partial charge in [-0.1, -0.05) is 54.1 Å². The van der Waals surface area contributed by atoms with E-state index < -0.39 is 5.92 Å². The fraction of sp³-hybridized carbons (Fsp3) is 0.222. The molecule has 2 aromatic carbocycles. The molecule has 152 valence electrons. The van der Waals surface area contributed by atoms with Crippen LogP contribution in [-0.4, -0.2) is 17.3 Å². The lowest BCUT2D eigenvalue weighted by Crippen LogP contribution is -2.40. The minimum Gasteiger partial charge on any atom is -0.469 e. The molecule has 0 saturated heterocycles. The maximum Gasteiger partial charge on any atom is 0.192 e. The van der Waals surface area contributed by atoms with Crippen molar-refractivity contribution in [3.05, 3.63) is 101 Å². The third kappa shape index (κ3) is 2.71. The second-order valence-electron chi connectivity index (χ2n) is 8.69. The van der Waals surface area contributed by atoms with Crippen molar-refractivity contribution in [1.82, 2.24) is 0 Å². The summed E-state index contributed by atoms with van der Waals surface area (Å²) >= 11 is 0. The van der Waals surface area contributed by atoms with Crippen LogP contribution in [-0.2, 0) is 4.79 Å². The van der Waals surface area contributed by atoms with E-state index in [1.54, 1.807) is 6.26 Å². The van der Waals surface area contributed by atoms with Crippen LogP contribution in [0.15, 0.2) is 81.9 Å². The van der Waals surface area contributed by atoms with Gasteiger partial charge < -0.3 is 4.42 Å². The molecular formula is C27H21NO3. The number of hydrogen-bond acceptors (Lipinski definition) is 4. The van der Waals surface area contributed by atoms with Crippen LogP contribution in [0.2, 0.25) is 0 Å². The van der Waals surface area contributed by atoms with E-state index in [0.717, 1.165) is 33.9 Å². The van der Waals surface area contributed by atoms with Gasteiger partial charge in [-0.2, -0.15) is 0 Å². The SMILES string of the molecule is Cc1ccc([C@@H]2C3=C(N=C4C[C@H](c5ccco5)CC(=O)C42)c2ccccc2C3=O)cc1. The van der Waals surface area contributed by atoms with E-state index in [2.05, 4.69) is 12.1 Å². The molecule has 1 fully saturated rings. The zero-order valence-corrected chi connectivity index (χ0v) is 17.2. The highest BCUT2D eigenvalue weighted by Gasteiger charge is 2.49. The number of allylic oxidation sites excluding steroid dienone is 1. The first-order valence-electron chi connectivity index (χ1n) is 10.7. The summed E-state index contributed by atoms with van der Waals surface area (Å²) in [5.41, 5.74) is 5.99. The van der Waals surface area contributed by atoms with Crippen LogP contribution in [0.1, 0.15) is 57.5 Å². The summed E-state index contributed by atoms with van der Waals surface area (Å²) in [6.07, 6.45) is 2.72. The Morgan fingerprint density at radius 3 is 2.39 bits per heavy atom. The predicted molar refractivity (Wildman–Crippen MR) is 118 cm³/mol. The summed E-state index contributed by atoms with van der Waals surface area (Å²) in [5.74, 6) is 0.251. The zero-order chi connectivity index (χ0) is 21.1. The first kappa shape index (κ1) is 18.3. The summed E-state index contributed by atoms with van der Waals surface area (Å²) in [5, 5.41) is 0. The Bertz CT molecular complexity index is 1280. The highest BCUT2D eigenvalue weighted by molar-refractivity contribution is 6.25. The van der Waals surface area contributed by atoms with Crippen molar-refractivity contribution in [2.24, 2.45) is 10.9 Å². The molecule has 0 radical (unpaired) electrons. The number of aryl methyl sites for hydroxylation is 1. The molecule has 3 aliphatic rings. The number of carbonyl (C=O) groups is 2. The van der Waals surface area contributed by atoms with E-state index in [0.29, 0.717) is 24.0 Å². The Kier molecular flexibility index (Phi) is 3.97. The van der Waals surface area contributed by atoms with E-state index in [4.69, 9.17) is 9.41 Å². The highest BCUT2D eigenvalue weighted by Crippen LogP contribution is 2.51. The molecule has 31 heavy (non-hydrogen) atoms. The first-order valence-corrected chi connectivity index (χ1v) is 10.7. The Morgan fingerprint density at radius 2 is 1.65 bits per heavy atom. The largest absolute Gasteiger partial charge is 0.469 e. The Labute approximate surface area is 180 Å². The maximum absolute atomic E-state index is 13.5. The second-order valence-corrected chi connectivity index (χ2v) is 8.69. The van der Waals surface area contributed by atoms with Gasteiger partial charge in [-0.05, 0) is 31.0 Å². The van der Waals surface area contributed by atoms with Crippen molar-refractivity contribution in [3.8, 4) is 0 Å². The van der Waals surface area contributed by atoms with Crippen LogP contribution < -0.4 is 0 Å². The minimum absolute atomic E-state index is 0.0000620. The number of furan rings is 1. The number of carbonyl (C=O) groups excluding carboxylic acids is 2. The summed E-state index contributed by atoms with van der Waals surface area (Å²) in [6.45, 7) is 2.04. The van der Waals surface area contributed by atoms with E-state index in [-0.39, 0.29) is 23.4 Å². The molecule has 4 nitrogen and oxygen atoms in total. The van der Waals surface area contributed by atoms with Gasteiger partial charge in [-0.15, -0.1) is 0 Å². The fourth-order valence-electron chi connectivity index (χ4n) is 5.36. The standard InChI is InChI=1S/C27H21NO3/c1-15-8-10-16(11-9-15)23-24-20(13-17(14-21(24)29)22-7-4-12-31-22)28-26-18-5-2-3-6-19(18)27(30)25(23)26/h2-12,17,23-24H,13-14H2,1H3/t17-,23-,24?/m0/s1. The van der Waals surface area contributed by atoms with Crippen molar-refractivity contribution in [1.29, 1.82) is 0 Å². The van der Waals surface area contributed by atoms with Gasteiger partial charge in [-0.25, -0.2) is 0 Å². The van der Waals surface area contributed by atoms with Gasteiger partial charge in [0.05, 0.1) is 17.9 Å². The summed E-state index contributed by atoms with van der Waals surface area (Å²) in [6, 6.07) is 19.6. The molecular weight excluding hydrogens is 386 g/mol. The van der Waals surface area contributed by atoms with E-state index in [1.807, 2.05) is 55.5 Å². The molecule has 2 heterocycles. The summed E-state index contributed by atoms with van der Waals surface area (Å²) in [7, 11) is 0. The number of benzene rings is 2. The lowest BCUT2D eigenvalue weighted by atomic mass is 9.66. The second kappa shape index (κ2) is 6.74. The van der Waals surface area contributed by atoms with Crippen molar-refractivity contribution in [3.63, 3.8) is 0 Å². The average Bonchev–Trinajstić information content (AvgIpc) is 3.41. The van der Waals surface area contributed by atoms with Crippen LogP contribution in [0, 0.1) is 12.8 Å². The number of fused-ring (bicyclic) bond motifs is 3. The molecule has 1 saturated carbocycles. The predicted octanol–water partition coefficient (Wildman–Crippen LogP) is 5.50. The van der Waals surface area contributed by atoms with Crippen LogP contribution in [0.25, 0.3) is 5.70 Å². The topological polar surface area (TPSA) is 59.6 Å². The van der Waals surface area contributed by atoms with Crippen molar-refractivity contribution in [2.45, 2.75) is 31.6 Å². The first-order chi connectivity index (χ1) is 15.1. The van der Waals surface area contributed by atoms with Gasteiger partial charge in [0.1, 0.15) is 11.5 Å². The third-order valence-corrected chi connectivity index (χ3v) is 6.82. The summed E-state index contributed by atoms with van der Waals surface area (Å²) < 4.78 is 5.61. The molecule has 0 N–H and O–H groups in total. The van der Waals surface area contributed by atoms with E-state index in [1.165, 1.54) is 0 Å². The van der Waals surface area contributed by atoms with Crippen LogP contribution in [0.5, 0.6) is 0 Å². The van der Waals surface area contributed by atoms with Crippen molar-refractivity contribution >= 4 is 23.0 Å². The quantitative estimate of drug-likeness (QED) is 0.564. The average molecular weight is 407 g/mol. The molecule has 4 heteroatoms. The normalized spacial score (nSPS) is 24.5. The molecule has 1 aromatic heterocycles. The molecule has 6 rings (SSSR count). The van der Waals surface area contributed by atoms with Crippen molar-refractivity contribution < 1.29 is 14.0 Å². The molecule has 3 atom stereocenters. The highest BCUT2D eigenvalue weighted by atomic mass is 16.3. The molecule has 0 spiro atoms. The number of hydrogen-bond donors (Lipinski definition) is 0.